The van der Waals surface area contributed by atoms with Crippen molar-refractivity contribution in [2.45, 2.75) is 12.8 Å². The van der Waals surface area contributed by atoms with Gasteiger partial charge in [0.15, 0.2) is 34.9 Å². The molecule has 42 heavy (non-hydrogen) atoms. The molecular formula is C28H6F8N6. The van der Waals surface area contributed by atoms with Crippen LogP contribution in [0.15, 0.2) is 11.1 Å². The van der Waals surface area contributed by atoms with Crippen molar-refractivity contribution in [3.63, 3.8) is 0 Å². The highest BCUT2D eigenvalue weighted by atomic mass is 19.2. The third kappa shape index (κ3) is 3.89. The molecule has 5 rings (SSSR count). The molecule has 0 spiro atoms. The first kappa shape index (κ1) is 27.7. The van der Waals surface area contributed by atoms with Gasteiger partial charge >= 0.3 is 0 Å². The van der Waals surface area contributed by atoms with Crippen LogP contribution in [0.2, 0.25) is 0 Å². The summed E-state index contributed by atoms with van der Waals surface area (Å²) < 4.78 is 115. The standard InChI is InChI=1S/C28H6F8N6/c1-39-27(18-23(33)25(35)28(40-2)26(36)24(18)34)10-5-15-16(6-10)42-14-4-9(3-13(14)41-15)11(7-37)17-21(31)19(29)12(8-38)20(30)22(17)32/h3,6H,4-5H2/b11-9-,27-10-. The molecule has 3 aromatic rings. The van der Waals surface area contributed by atoms with E-state index in [4.69, 9.17) is 18.4 Å². The van der Waals surface area contributed by atoms with E-state index in [2.05, 4.69) is 19.7 Å². The molecule has 1 aromatic heterocycles. The van der Waals surface area contributed by atoms with Gasteiger partial charge in [0.2, 0.25) is 5.70 Å². The third-order valence-corrected chi connectivity index (χ3v) is 6.50. The molecule has 14 heteroatoms. The van der Waals surface area contributed by atoms with Gasteiger partial charge in [-0.1, -0.05) is 0 Å². The normalized spacial score (nSPS) is 15.3. The van der Waals surface area contributed by atoms with Gasteiger partial charge in [-0.3, -0.25) is 0 Å². The fourth-order valence-electron chi connectivity index (χ4n) is 4.58. The summed E-state index contributed by atoms with van der Waals surface area (Å²) in [6, 6.07) is 2.51. The molecule has 0 N–H and O–H groups in total. The minimum Gasteiger partial charge on any atom is -0.249 e. The minimum atomic E-state index is -1.98. The summed E-state index contributed by atoms with van der Waals surface area (Å²) >= 11 is 0. The lowest BCUT2D eigenvalue weighted by atomic mass is 9.97. The van der Waals surface area contributed by atoms with Crippen LogP contribution in [0.4, 0.5) is 40.8 Å². The van der Waals surface area contributed by atoms with E-state index in [1.165, 1.54) is 18.2 Å². The maximum absolute atomic E-state index is 14.6. The molecular weight excluding hydrogens is 572 g/mol. The number of aromatic nitrogens is 2. The Labute approximate surface area is 229 Å². The van der Waals surface area contributed by atoms with Gasteiger partial charge in [0.25, 0.3) is 5.69 Å². The Bertz CT molecular complexity index is 1960. The van der Waals surface area contributed by atoms with Crippen LogP contribution in [-0.2, 0) is 12.8 Å². The van der Waals surface area contributed by atoms with E-state index in [0.29, 0.717) is 0 Å². The SMILES string of the molecule is [C-]#[N+]/C(=C1\C=c2nc3c(nc2C1)=C/C(=C(\C#N)c1c(F)c(F)c(C#N)c(F)c1F)C3)c1c(F)c(F)c([N+]#[C-])c(F)c1F. The largest absolute Gasteiger partial charge is 0.262 e. The number of halogens is 8. The highest BCUT2D eigenvalue weighted by Gasteiger charge is 2.32. The molecule has 2 aromatic carbocycles. The topological polar surface area (TPSA) is 82.1 Å². The zero-order valence-corrected chi connectivity index (χ0v) is 20.3. The molecule has 0 saturated carbocycles. The Morgan fingerprint density at radius 2 is 1.17 bits per heavy atom. The van der Waals surface area contributed by atoms with Crippen LogP contribution in [0.3, 0.4) is 0 Å². The van der Waals surface area contributed by atoms with Gasteiger partial charge in [0.05, 0.1) is 51.9 Å². The zero-order chi connectivity index (χ0) is 30.6. The molecule has 0 fully saturated rings. The van der Waals surface area contributed by atoms with Crippen molar-refractivity contribution in [3.8, 4) is 12.1 Å². The van der Waals surface area contributed by atoms with Crippen LogP contribution < -0.4 is 10.7 Å². The summed E-state index contributed by atoms with van der Waals surface area (Å²) in [7, 11) is 0. The maximum Gasteiger partial charge on any atom is 0.262 e. The highest BCUT2D eigenvalue weighted by molar-refractivity contribution is 5.87. The number of nitrogens with zero attached hydrogens (tertiary/aromatic N) is 6. The minimum absolute atomic E-state index is 0.0572. The van der Waals surface area contributed by atoms with Crippen molar-refractivity contribution in [2.24, 2.45) is 0 Å². The van der Waals surface area contributed by atoms with Gasteiger partial charge in [0, 0.05) is 12.8 Å². The molecule has 6 nitrogen and oxygen atoms in total. The third-order valence-electron chi connectivity index (χ3n) is 6.50. The second kappa shape index (κ2) is 9.96. The van der Waals surface area contributed by atoms with E-state index < -0.39 is 80.2 Å². The van der Waals surface area contributed by atoms with Crippen molar-refractivity contribution >= 4 is 29.1 Å². The van der Waals surface area contributed by atoms with E-state index in [1.807, 2.05) is 0 Å². The first-order chi connectivity index (χ1) is 20.0. The summed E-state index contributed by atoms with van der Waals surface area (Å²) in [4.78, 5) is 14.0. The van der Waals surface area contributed by atoms with Gasteiger partial charge in [-0.05, 0) is 23.3 Å². The average molecular weight is 578 g/mol. The quantitative estimate of drug-likeness (QED) is 0.186. The molecule has 0 bridgehead atoms. The van der Waals surface area contributed by atoms with E-state index in [1.54, 1.807) is 0 Å². The molecule has 2 aliphatic carbocycles. The van der Waals surface area contributed by atoms with Gasteiger partial charge in [-0.25, -0.2) is 54.8 Å². The molecule has 0 amide bonds. The van der Waals surface area contributed by atoms with Crippen LogP contribution >= 0.6 is 0 Å². The van der Waals surface area contributed by atoms with E-state index >= 15 is 0 Å². The van der Waals surface area contributed by atoms with Crippen molar-refractivity contribution in [2.75, 3.05) is 0 Å². The summed E-state index contributed by atoms with van der Waals surface area (Å²) in [5, 5.41) is 18.5. The Morgan fingerprint density at radius 1 is 0.690 bits per heavy atom. The molecule has 204 valence electrons. The number of benzene rings is 2. The Kier molecular flexibility index (Phi) is 6.57. The van der Waals surface area contributed by atoms with Crippen molar-refractivity contribution < 1.29 is 35.1 Å². The predicted molar refractivity (Wildman–Crippen MR) is 127 cm³/mol. The van der Waals surface area contributed by atoms with Crippen LogP contribution in [-0.4, -0.2) is 9.97 Å². The number of allylic oxidation sites excluding steroid dienone is 3. The highest BCUT2D eigenvalue weighted by Crippen LogP contribution is 2.37. The molecule has 0 aliphatic heterocycles. The summed E-state index contributed by atoms with van der Waals surface area (Å²) in [6.45, 7) is 14.1. The number of rotatable bonds is 2. The van der Waals surface area contributed by atoms with E-state index in [9.17, 15) is 40.4 Å². The number of hydrogen-bond donors (Lipinski definition) is 0. The average Bonchev–Trinajstić information content (AvgIpc) is 3.57. The fourth-order valence-corrected chi connectivity index (χ4v) is 4.58. The lowest BCUT2D eigenvalue weighted by Gasteiger charge is -2.09. The van der Waals surface area contributed by atoms with Crippen LogP contribution in [0.5, 0.6) is 0 Å². The molecule has 0 atom stereocenters. The molecule has 0 unspecified atom stereocenters. The zero-order valence-electron chi connectivity index (χ0n) is 20.3. The molecule has 2 aliphatic rings. The van der Waals surface area contributed by atoms with Crippen LogP contribution in [0.25, 0.3) is 33.1 Å². The van der Waals surface area contributed by atoms with Gasteiger partial charge in [0.1, 0.15) is 29.3 Å². The lowest BCUT2D eigenvalue weighted by molar-refractivity contribution is 0.447. The van der Waals surface area contributed by atoms with Gasteiger partial charge in [-0.15, -0.1) is 0 Å². The molecule has 0 radical (unpaired) electrons. The first-order valence-electron chi connectivity index (χ1n) is 11.3. The maximum atomic E-state index is 14.6. The Balaban J connectivity index is 1.63. The van der Waals surface area contributed by atoms with Crippen molar-refractivity contribution in [3.05, 3.63) is 119 Å². The second-order valence-corrected chi connectivity index (χ2v) is 8.74. The van der Waals surface area contributed by atoms with E-state index in [-0.39, 0.29) is 46.1 Å². The van der Waals surface area contributed by atoms with Crippen molar-refractivity contribution in [1.82, 2.24) is 9.97 Å². The Morgan fingerprint density at radius 3 is 1.62 bits per heavy atom. The fraction of sp³-hybridized carbons (Fsp3) is 0.0714. The number of nitriles is 2. The lowest BCUT2D eigenvalue weighted by Crippen LogP contribution is -2.24. The summed E-state index contributed by atoms with van der Waals surface area (Å²) in [5.74, 6) is -15.7. The van der Waals surface area contributed by atoms with Crippen molar-refractivity contribution in [1.29, 1.82) is 10.5 Å². The molecule has 1 heterocycles. The molecule has 0 saturated heterocycles. The van der Waals surface area contributed by atoms with Gasteiger partial charge in [-0.2, -0.15) is 10.5 Å². The summed E-state index contributed by atoms with van der Waals surface area (Å²) in [6.07, 6.45) is 1.73. The second-order valence-electron chi connectivity index (χ2n) is 8.74. The summed E-state index contributed by atoms with van der Waals surface area (Å²) in [5.41, 5.74) is -7.25. The van der Waals surface area contributed by atoms with Crippen LogP contribution in [0, 0.1) is 82.3 Å². The van der Waals surface area contributed by atoms with Crippen LogP contribution in [0.1, 0.15) is 28.1 Å². The van der Waals surface area contributed by atoms with E-state index in [0.717, 1.165) is 6.07 Å². The number of hydrogen-bond acceptors (Lipinski definition) is 4. The van der Waals surface area contributed by atoms with Gasteiger partial charge < -0.3 is 0 Å². The first-order valence-corrected chi connectivity index (χ1v) is 11.3. The predicted octanol–water partition coefficient (Wildman–Crippen LogP) is 4.99. The monoisotopic (exact) mass is 578 g/mol. The smallest absolute Gasteiger partial charge is 0.249 e. The Hall–Kier alpha value is -5.86. The number of fused-ring (bicyclic) bond motifs is 2.